The van der Waals surface area contributed by atoms with E-state index in [2.05, 4.69) is 4.72 Å². The van der Waals surface area contributed by atoms with Gasteiger partial charge in [-0.3, -0.25) is 0 Å². The van der Waals surface area contributed by atoms with Gasteiger partial charge in [0, 0.05) is 24.3 Å². The molecule has 1 fully saturated rings. The van der Waals surface area contributed by atoms with Crippen molar-refractivity contribution in [2.75, 3.05) is 12.8 Å². The van der Waals surface area contributed by atoms with Crippen LogP contribution in [0, 0.1) is 12.3 Å². The standard InChI is InChI=1S/C14H22N2O3S/c1-9-5-6-10(7-11(9)15)20(17,18)16-12-8-13(19-4)14(12,2)3/h5-7,12-13,16H,8,15H2,1-4H3. The van der Waals surface area contributed by atoms with Crippen molar-refractivity contribution in [3.05, 3.63) is 23.8 Å². The summed E-state index contributed by atoms with van der Waals surface area (Å²) in [6.07, 6.45) is 0.766. The number of rotatable bonds is 4. The molecule has 0 radical (unpaired) electrons. The van der Waals surface area contributed by atoms with E-state index in [0.717, 1.165) is 5.56 Å². The molecule has 2 atom stereocenters. The van der Waals surface area contributed by atoms with Gasteiger partial charge in [-0.25, -0.2) is 13.1 Å². The van der Waals surface area contributed by atoms with Crippen molar-refractivity contribution in [3.8, 4) is 0 Å². The summed E-state index contributed by atoms with van der Waals surface area (Å²) in [5, 5.41) is 0. The molecule has 3 N–H and O–H groups in total. The minimum absolute atomic E-state index is 0.0817. The molecule has 5 nitrogen and oxygen atoms in total. The topological polar surface area (TPSA) is 81.4 Å². The molecular weight excluding hydrogens is 276 g/mol. The molecular formula is C14H22N2O3S. The maximum Gasteiger partial charge on any atom is 0.240 e. The van der Waals surface area contributed by atoms with E-state index in [-0.39, 0.29) is 22.5 Å². The molecule has 0 aliphatic heterocycles. The van der Waals surface area contributed by atoms with Gasteiger partial charge in [-0.15, -0.1) is 0 Å². The predicted octanol–water partition coefficient (Wildman–Crippen LogP) is 1.67. The molecule has 6 heteroatoms. The van der Waals surface area contributed by atoms with Crippen molar-refractivity contribution >= 4 is 15.7 Å². The highest BCUT2D eigenvalue weighted by molar-refractivity contribution is 7.89. The Balaban J connectivity index is 2.18. The van der Waals surface area contributed by atoms with Crippen molar-refractivity contribution in [1.82, 2.24) is 4.72 Å². The quantitative estimate of drug-likeness (QED) is 0.829. The maximum atomic E-state index is 12.4. The third-order valence-electron chi connectivity index (χ3n) is 4.32. The summed E-state index contributed by atoms with van der Waals surface area (Å²) in [5.41, 5.74) is 6.92. The molecule has 1 aliphatic carbocycles. The fourth-order valence-corrected chi connectivity index (χ4v) is 3.97. The van der Waals surface area contributed by atoms with Crippen molar-refractivity contribution in [1.29, 1.82) is 0 Å². The van der Waals surface area contributed by atoms with Crippen LogP contribution in [-0.2, 0) is 14.8 Å². The summed E-state index contributed by atoms with van der Waals surface area (Å²) in [5.74, 6) is 0. The molecule has 2 rings (SSSR count). The van der Waals surface area contributed by atoms with E-state index >= 15 is 0 Å². The van der Waals surface area contributed by atoms with Gasteiger partial charge in [0.05, 0.1) is 11.0 Å². The molecule has 2 unspecified atom stereocenters. The zero-order chi connectivity index (χ0) is 15.1. The number of ether oxygens (including phenoxy) is 1. The average molecular weight is 298 g/mol. The number of nitrogens with two attached hydrogens (primary N) is 1. The first-order chi connectivity index (χ1) is 9.18. The number of sulfonamides is 1. The van der Waals surface area contributed by atoms with E-state index in [1.54, 1.807) is 19.2 Å². The van der Waals surface area contributed by atoms with Gasteiger partial charge in [0.15, 0.2) is 0 Å². The van der Waals surface area contributed by atoms with Crippen LogP contribution in [-0.4, -0.2) is 27.7 Å². The first kappa shape index (κ1) is 15.3. The van der Waals surface area contributed by atoms with Crippen molar-refractivity contribution in [2.45, 2.75) is 44.2 Å². The van der Waals surface area contributed by atoms with Gasteiger partial charge in [-0.05, 0) is 31.0 Å². The second-order valence-corrected chi connectivity index (χ2v) is 7.69. The lowest BCUT2D eigenvalue weighted by atomic mass is 9.65. The molecule has 112 valence electrons. The molecule has 0 heterocycles. The number of nitrogens with one attached hydrogen (secondary N) is 1. The summed E-state index contributed by atoms with van der Waals surface area (Å²) in [6.45, 7) is 5.85. The normalized spacial score (nSPS) is 25.2. The van der Waals surface area contributed by atoms with Crippen molar-refractivity contribution < 1.29 is 13.2 Å². The number of hydrogen-bond acceptors (Lipinski definition) is 4. The van der Waals surface area contributed by atoms with Gasteiger partial charge < -0.3 is 10.5 Å². The van der Waals surface area contributed by atoms with Crippen LogP contribution in [0.25, 0.3) is 0 Å². The highest BCUT2D eigenvalue weighted by Gasteiger charge is 2.50. The lowest BCUT2D eigenvalue weighted by molar-refractivity contribution is -0.0908. The summed E-state index contributed by atoms with van der Waals surface area (Å²) in [6, 6.07) is 4.67. The highest BCUT2D eigenvalue weighted by atomic mass is 32.2. The minimum atomic E-state index is -3.55. The summed E-state index contributed by atoms with van der Waals surface area (Å²) in [4.78, 5) is 0.206. The monoisotopic (exact) mass is 298 g/mol. The van der Waals surface area contributed by atoms with Gasteiger partial charge in [0.2, 0.25) is 10.0 Å². The van der Waals surface area contributed by atoms with Gasteiger partial charge in [0.25, 0.3) is 0 Å². The van der Waals surface area contributed by atoms with Gasteiger partial charge in [0.1, 0.15) is 0 Å². The summed E-state index contributed by atoms with van der Waals surface area (Å²) >= 11 is 0. The van der Waals surface area contributed by atoms with E-state index < -0.39 is 10.0 Å². The summed E-state index contributed by atoms with van der Waals surface area (Å²) in [7, 11) is -1.90. The Morgan fingerprint density at radius 2 is 2.05 bits per heavy atom. The predicted molar refractivity (Wildman–Crippen MR) is 78.9 cm³/mol. The van der Waals surface area contributed by atoms with E-state index in [4.69, 9.17) is 10.5 Å². The smallest absolute Gasteiger partial charge is 0.240 e. The first-order valence-corrected chi connectivity index (χ1v) is 8.08. The van der Waals surface area contributed by atoms with Crippen LogP contribution < -0.4 is 10.5 Å². The van der Waals surface area contributed by atoms with E-state index in [0.29, 0.717) is 12.1 Å². The number of nitrogen functional groups attached to an aromatic ring is 1. The molecule has 0 amide bonds. The van der Waals surface area contributed by atoms with Gasteiger partial charge in [-0.1, -0.05) is 19.9 Å². The van der Waals surface area contributed by atoms with Crippen LogP contribution in [0.5, 0.6) is 0 Å². The molecule has 0 aromatic heterocycles. The first-order valence-electron chi connectivity index (χ1n) is 6.59. The van der Waals surface area contributed by atoms with Crippen LogP contribution in [0.3, 0.4) is 0 Å². The SMILES string of the molecule is COC1CC(NS(=O)(=O)c2ccc(C)c(N)c2)C1(C)C. The van der Waals surface area contributed by atoms with Crippen LogP contribution in [0.4, 0.5) is 5.69 Å². The lowest BCUT2D eigenvalue weighted by Crippen LogP contribution is -2.61. The van der Waals surface area contributed by atoms with Gasteiger partial charge in [-0.2, -0.15) is 0 Å². The molecule has 0 spiro atoms. The van der Waals surface area contributed by atoms with E-state index in [1.165, 1.54) is 6.07 Å². The number of anilines is 1. The number of hydrogen-bond donors (Lipinski definition) is 2. The average Bonchev–Trinajstić information content (AvgIpc) is 2.37. The van der Waals surface area contributed by atoms with Crippen LogP contribution >= 0.6 is 0 Å². The summed E-state index contributed by atoms with van der Waals surface area (Å²) < 4.78 is 32.8. The van der Waals surface area contributed by atoms with Crippen molar-refractivity contribution in [3.63, 3.8) is 0 Å². The largest absolute Gasteiger partial charge is 0.398 e. The van der Waals surface area contributed by atoms with Crippen molar-refractivity contribution in [2.24, 2.45) is 5.41 Å². The molecule has 0 saturated heterocycles. The number of benzene rings is 1. The molecule has 1 saturated carbocycles. The fraction of sp³-hybridized carbons (Fsp3) is 0.571. The molecule has 0 bridgehead atoms. The molecule has 20 heavy (non-hydrogen) atoms. The minimum Gasteiger partial charge on any atom is -0.398 e. The zero-order valence-corrected chi connectivity index (χ0v) is 13.1. The fourth-order valence-electron chi connectivity index (χ4n) is 2.53. The zero-order valence-electron chi connectivity index (χ0n) is 12.3. The Labute approximate surface area is 120 Å². The number of methoxy groups -OCH3 is 1. The van der Waals surface area contributed by atoms with E-state index in [1.807, 2.05) is 20.8 Å². The Kier molecular flexibility index (Phi) is 3.83. The Morgan fingerprint density at radius 1 is 1.40 bits per heavy atom. The third kappa shape index (κ3) is 2.55. The number of aryl methyl sites for hydroxylation is 1. The van der Waals surface area contributed by atoms with Gasteiger partial charge >= 0.3 is 0 Å². The molecule has 1 aliphatic rings. The Morgan fingerprint density at radius 3 is 2.55 bits per heavy atom. The second kappa shape index (κ2) is 5.02. The molecule has 1 aromatic rings. The van der Waals surface area contributed by atoms with Crippen LogP contribution in [0.1, 0.15) is 25.8 Å². The van der Waals surface area contributed by atoms with E-state index in [9.17, 15) is 8.42 Å². The lowest BCUT2D eigenvalue weighted by Gasteiger charge is -2.50. The Hall–Kier alpha value is -1.11. The third-order valence-corrected chi connectivity index (χ3v) is 5.79. The molecule has 1 aromatic carbocycles. The maximum absolute atomic E-state index is 12.4. The van der Waals surface area contributed by atoms with Crippen LogP contribution in [0.15, 0.2) is 23.1 Å². The van der Waals surface area contributed by atoms with Crippen LogP contribution in [0.2, 0.25) is 0 Å². The second-order valence-electron chi connectivity index (χ2n) is 5.97. The Bertz CT molecular complexity index is 611. The highest BCUT2D eigenvalue weighted by Crippen LogP contribution is 2.43.